The summed E-state index contributed by atoms with van der Waals surface area (Å²) in [6.07, 6.45) is 2.77. The van der Waals surface area contributed by atoms with Crippen LogP contribution in [0.15, 0.2) is 48.8 Å². The van der Waals surface area contributed by atoms with Crippen LogP contribution >= 0.6 is 11.6 Å². The number of nitrogens with zero attached hydrogens (tertiary/aromatic N) is 2. The van der Waals surface area contributed by atoms with Crippen molar-refractivity contribution in [1.82, 2.24) is 9.38 Å². The molecule has 0 aliphatic rings. The van der Waals surface area contributed by atoms with Gasteiger partial charge in [0.05, 0.1) is 5.69 Å². The van der Waals surface area contributed by atoms with Crippen molar-refractivity contribution in [3.63, 3.8) is 0 Å². The van der Waals surface area contributed by atoms with E-state index in [1.54, 1.807) is 18.3 Å². The van der Waals surface area contributed by atoms with Crippen LogP contribution in [0.1, 0.15) is 17.4 Å². The minimum atomic E-state index is -0.899. The minimum Gasteiger partial charge on any atom is -0.386 e. The molecule has 1 unspecified atom stereocenters. The van der Waals surface area contributed by atoms with Gasteiger partial charge in [-0.15, -0.1) is 0 Å². The number of aromatic nitrogens is 2. The second-order valence-corrected chi connectivity index (χ2v) is 4.96. The fraction of sp³-hybridized carbons (Fsp3) is 0.133. The maximum atomic E-state index is 13.7. The summed E-state index contributed by atoms with van der Waals surface area (Å²) in [6, 6.07) is 10.1. The van der Waals surface area contributed by atoms with Crippen molar-refractivity contribution < 1.29 is 9.50 Å². The molecule has 20 heavy (non-hydrogen) atoms. The summed E-state index contributed by atoms with van der Waals surface area (Å²) in [5, 5.41) is 10.5. The zero-order valence-electron chi connectivity index (χ0n) is 10.5. The van der Waals surface area contributed by atoms with Gasteiger partial charge in [-0.1, -0.05) is 23.7 Å². The van der Waals surface area contributed by atoms with Crippen molar-refractivity contribution in [2.75, 3.05) is 0 Å². The Kier molecular flexibility index (Phi) is 3.42. The number of hydrogen-bond donors (Lipinski definition) is 1. The molecule has 1 atom stereocenters. The van der Waals surface area contributed by atoms with E-state index in [4.69, 9.17) is 11.6 Å². The highest BCUT2D eigenvalue weighted by molar-refractivity contribution is 6.31. The van der Waals surface area contributed by atoms with Crippen molar-refractivity contribution in [2.45, 2.75) is 12.5 Å². The van der Waals surface area contributed by atoms with Crippen LogP contribution < -0.4 is 0 Å². The molecule has 0 saturated heterocycles. The molecule has 0 aliphatic carbocycles. The smallest absolute Gasteiger partial charge is 0.137 e. The summed E-state index contributed by atoms with van der Waals surface area (Å²) < 4.78 is 15.5. The Labute approximate surface area is 120 Å². The first kappa shape index (κ1) is 13.1. The van der Waals surface area contributed by atoms with E-state index in [0.717, 1.165) is 5.65 Å². The summed E-state index contributed by atoms with van der Waals surface area (Å²) in [4.78, 5) is 4.32. The number of imidazole rings is 1. The lowest BCUT2D eigenvalue weighted by Crippen LogP contribution is -2.04. The van der Waals surface area contributed by atoms with E-state index in [1.165, 1.54) is 6.07 Å². The van der Waals surface area contributed by atoms with E-state index >= 15 is 0 Å². The van der Waals surface area contributed by atoms with Gasteiger partial charge in [0.1, 0.15) is 17.6 Å². The average molecular weight is 291 g/mol. The van der Waals surface area contributed by atoms with Gasteiger partial charge in [0, 0.05) is 29.4 Å². The maximum Gasteiger partial charge on any atom is 0.137 e. The number of aliphatic hydroxyl groups excluding tert-OH is 1. The zero-order valence-corrected chi connectivity index (χ0v) is 11.3. The monoisotopic (exact) mass is 290 g/mol. The molecule has 1 aromatic carbocycles. The molecule has 3 aromatic rings. The number of rotatable bonds is 3. The van der Waals surface area contributed by atoms with Gasteiger partial charge in [-0.2, -0.15) is 0 Å². The number of benzene rings is 1. The largest absolute Gasteiger partial charge is 0.386 e. The fourth-order valence-corrected chi connectivity index (χ4v) is 2.38. The third-order valence-corrected chi connectivity index (χ3v) is 3.54. The first-order chi connectivity index (χ1) is 9.65. The summed E-state index contributed by atoms with van der Waals surface area (Å²) in [7, 11) is 0. The molecule has 3 rings (SSSR count). The van der Waals surface area contributed by atoms with Gasteiger partial charge in [0.15, 0.2) is 0 Å². The predicted octanol–water partition coefficient (Wildman–Crippen LogP) is 3.40. The lowest BCUT2D eigenvalue weighted by Gasteiger charge is -2.10. The van der Waals surface area contributed by atoms with Crippen LogP contribution in [0.25, 0.3) is 5.65 Å². The van der Waals surface area contributed by atoms with Gasteiger partial charge in [-0.25, -0.2) is 9.37 Å². The molecule has 1 N–H and O–H groups in total. The van der Waals surface area contributed by atoms with E-state index in [1.807, 2.05) is 28.8 Å². The first-order valence-electron chi connectivity index (χ1n) is 6.20. The maximum absolute atomic E-state index is 13.7. The van der Waals surface area contributed by atoms with Gasteiger partial charge in [-0.3, -0.25) is 0 Å². The lowest BCUT2D eigenvalue weighted by atomic mass is 10.1. The molecule has 0 bridgehead atoms. The van der Waals surface area contributed by atoms with Crippen molar-refractivity contribution >= 4 is 17.2 Å². The van der Waals surface area contributed by atoms with E-state index in [9.17, 15) is 9.50 Å². The lowest BCUT2D eigenvalue weighted by molar-refractivity contribution is 0.173. The molecule has 0 amide bonds. The number of pyridine rings is 1. The van der Waals surface area contributed by atoms with Gasteiger partial charge >= 0.3 is 0 Å². The van der Waals surface area contributed by atoms with Crippen LogP contribution in [0.3, 0.4) is 0 Å². The first-order valence-corrected chi connectivity index (χ1v) is 6.57. The van der Waals surface area contributed by atoms with E-state index in [-0.39, 0.29) is 6.42 Å². The third kappa shape index (κ3) is 2.40. The second-order valence-electron chi connectivity index (χ2n) is 4.55. The van der Waals surface area contributed by atoms with Gasteiger partial charge in [0.2, 0.25) is 0 Å². The topological polar surface area (TPSA) is 37.5 Å². The van der Waals surface area contributed by atoms with Crippen molar-refractivity contribution in [3.8, 4) is 0 Å². The molecule has 2 aromatic heterocycles. The average Bonchev–Trinajstić information content (AvgIpc) is 2.87. The Balaban J connectivity index is 1.91. The van der Waals surface area contributed by atoms with Crippen LogP contribution in [0.2, 0.25) is 5.02 Å². The Bertz CT molecular complexity index is 703. The van der Waals surface area contributed by atoms with Crippen molar-refractivity contribution in [1.29, 1.82) is 0 Å². The standard InChI is InChI=1S/C15H12ClFN2O/c16-11-4-3-5-12(17)10(11)8-14(20)13-9-19-7-2-1-6-15(19)18-13/h1-7,9,14,20H,8H2. The molecule has 0 aliphatic heterocycles. The highest BCUT2D eigenvalue weighted by atomic mass is 35.5. The summed E-state index contributed by atoms with van der Waals surface area (Å²) >= 11 is 5.96. The fourth-order valence-electron chi connectivity index (χ4n) is 2.14. The summed E-state index contributed by atoms with van der Waals surface area (Å²) in [5.41, 5.74) is 1.54. The Morgan fingerprint density at radius 2 is 2.10 bits per heavy atom. The SMILES string of the molecule is OC(Cc1c(F)cccc1Cl)c1cn2ccccc2n1. The third-order valence-electron chi connectivity index (χ3n) is 3.18. The van der Waals surface area contributed by atoms with Crippen LogP contribution in [-0.2, 0) is 6.42 Å². The zero-order chi connectivity index (χ0) is 14.1. The van der Waals surface area contributed by atoms with Crippen LogP contribution in [0.4, 0.5) is 4.39 Å². The van der Waals surface area contributed by atoms with Gasteiger partial charge < -0.3 is 9.51 Å². The minimum absolute atomic E-state index is 0.0926. The molecule has 2 heterocycles. The van der Waals surface area contributed by atoms with Crippen molar-refractivity contribution in [2.24, 2.45) is 0 Å². The van der Waals surface area contributed by atoms with Gasteiger partial charge in [0.25, 0.3) is 0 Å². The Morgan fingerprint density at radius 3 is 2.85 bits per heavy atom. The highest BCUT2D eigenvalue weighted by Crippen LogP contribution is 2.25. The summed E-state index contributed by atoms with van der Waals surface area (Å²) in [5.74, 6) is -0.416. The second kappa shape index (κ2) is 5.23. The molecule has 5 heteroatoms. The van der Waals surface area contributed by atoms with Crippen LogP contribution in [-0.4, -0.2) is 14.5 Å². The molecular formula is C15H12ClFN2O. The number of aliphatic hydroxyl groups is 1. The molecule has 0 spiro atoms. The van der Waals surface area contributed by atoms with Crippen molar-refractivity contribution in [3.05, 3.63) is 70.9 Å². The molecule has 0 fully saturated rings. The highest BCUT2D eigenvalue weighted by Gasteiger charge is 2.17. The number of halogens is 2. The number of hydrogen-bond acceptors (Lipinski definition) is 2. The Morgan fingerprint density at radius 1 is 1.25 bits per heavy atom. The molecule has 3 nitrogen and oxygen atoms in total. The molecule has 102 valence electrons. The Hall–Kier alpha value is -1.91. The molecule has 0 saturated carbocycles. The summed E-state index contributed by atoms with van der Waals surface area (Å²) in [6.45, 7) is 0. The van der Waals surface area contributed by atoms with E-state index < -0.39 is 11.9 Å². The molecular weight excluding hydrogens is 279 g/mol. The van der Waals surface area contributed by atoms with Gasteiger partial charge in [-0.05, 0) is 24.3 Å². The van der Waals surface area contributed by atoms with E-state index in [0.29, 0.717) is 16.3 Å². The van der Waals surface area contributed by atoms with Crippen LogP contribution in [0.5, 0.6) is 0 Å². The number of fused-ring (bicyclic) bond motifs is 1. The predicted molar refractivity (Wildman–Crippen MR) is 75.3 cm³/mol. The quantitative estimate of drug-likeness (QED) is 0.803. The molecule has 0 radical (unpaired) electrons. The van der Waals surface area contributed by atoms with Crippen LogP contribution in [0, 0.1) is 5.82 Å². The van der Waals surface area contributed by atoms with E-state index in [2.05, 4.69) is 4.98 Å². The normalized spacial score (nSPS) is 12.8.